The van der Waals surface area contributed by atoms with Gasteiger partial charge >= 0.3 is 0 Å². The summed E-state index contributed by atoms with van der Waals surface area (Å²) in [6.07, 6.45) is 1.35. The molecule has 1 amide bonds. The van der Waals surface area contributed by atoms with E-state index in [4.69, 9.17) is 4.74 Å². The van der Waals surface area contributed by atoms with Crippen molar-refractivity contribution < 1.29 is 23.4 Å². The molecule has 0 saturated carbocycles. The van der Waals surface area contributed by atoms with Crippen LogP contribution in [0.1, 0.15) is 28.8 Å². The van der Waals surface area contributed by atoms with Gasteiger partial charge in [0.15, 0.2) is 11.6 Å². The second-order valence-electron chi connectivity index (χ2n) is 6.49. The zero-order valence-corrected chi connectivity index (χ0v) is 14.3. The van der Waals surface area contributed by atoms with Crippen LogP contribution in [0.2, 0.25) is 0 Å². The van der Waals surface area contributed by atoms with Crippen LogP contribution in [0.3, 0.4) is 0 Å². The number of carbonyl (C=O) groups is 1. The van der Waals surface area contributed by atoms with Gasteiger partial charge in [0, 0.05) is 18.8 Å². The monoisotopic (exact) mass is 361 g/mol. The Morgan fingerprint density at radius 3 is 2.46 bits per heavy atom. The molecule has 4 nitrogen and oxygen atoms in total. The summed E-state index contributed by atoms with van der Waals surface area (Å²) in [5, 5.41) is 14.1. The molecule has 26 heavy (non-hydrogen) atoms. The van der Waals surface area contributed by atoms with E-state index in [2.05, 4.69) is 5.32 Å². The molecule has 1 heterocycles. The van der Waals surface area contributed by atoms with Gasteiger partial charge in [-0.05, 0) is 42.5 Å². The van der Waals surface area contributed by atoms with Gasteiger partial charge in [0.2, 0.25) is 0 Å². The zero-order chi connectivity index (χ0) is 18.6. The molecule has 2 aromatic carbocycles. The van der Waals surface area contributed by atoms with E-state index in [1.165, 1.54) is 6.07 Å². The minimum absolute atomic E-state index is 0.00582. The summed E-state index contributed by atoms with van der Waals surface area (Å²) in [6, 6.07) is 12.1. The number of aliphatic hydroxyl groups is 1. The molecule has 0 aromatic heterocycles. The number of benzene rings is 2. The van der Waals surface area contributed by atoms with Crippen molar-refractivity contribution >= 4 is 5.91 Å². The van der Waals surface area contributed by atoms with Crippen LogP contribution in [0.15, 0.2) is 48.5 Å². The fourth-order valence-electron chi connectivity index (χ4n) is 3.34. The molecule has 138 valence electrons. The van der Waals surface area contributed by atoms with E-state index in [-0.39, 0.29) is 18.0 Å². The Bertz CT molecular complexity index is 763. The number of halogens is 2. The third kappa shape index (κ3) is 3.92. The normalized spacial score (nSPS) is 17.5. The predicted molar refractivity (Wildman–Crippen MR) is 92.6 cm³/mol. The lowest BCUT2D eigenvalue weighted by Gasteiger charge is -2.39. The summed E-state index contributed by atoms with van der Waals surface area (Å²) in [5.41, 5.74) is -0.553. The van der Waals surface area contributed by atoms with Crippen LogP contribution in [-0.4, -0.2) is 30.8 Å². The highest BCUT2D eigenvalue weighted by Gasteiger charge is 2.39. The molecule has 1 aliphatic rings. The first-order valence-corrected chi connectivity index (χ1v) is 8.59. The van der Waals surface area contributed by atoms with Crippen LogP contribution >= 0.6 is 0 Å². The van der Waals surface area contributed by atoms with Crippen LogP contribution in [-0.2, 0) is 10.3 Å². The molecule has 0 aliphatic carbocycles. The molecule has 0 spiro atoms. The van der Waals surface area contributed by atoms with E-state index in [9.17, 15) is 18.7 Å². The molecule has 1 fully saturated rings. The summed E-state index contributed by atoms with van der Waals surface area (Å²) in [5.74, 6) is -2.74. The molecule has 0 bridgehead atoms. The summed E-state index contributed by atoms with van der Waals surface area (Å²) in [4.78, 5) is 12.3. The fraction of sp³-hybridized carbons (Fsp3) is 0.350. The lowest BCUT2D eigenvalue weighted by atomic mass is 9.77. The first kappa shape index (κ1) is 18.5. The van der Waals surface area contributed by atoms with Gasteiger partial charge in [-0.25, -0.2) is 8.78 Å². The molecule has 1 aliphatic heterocycles. The van der Waals surface area contributed by atoms with Gasteiger partial charge in [0.25, 0.3) is 5.91 Å². The number of hydrogen-bond donors (Lipinski definition) is 2. The molecular formula is C20H21F2NO3. The van der Waals surface area contributed by atoms with Crippen molar-refractivity contribution in [3.63, 3.8) is 0 Å². The highest BCUT2D eigenvalue weighted by molar-refractivity contribution is 5.94. The van der Waals surface area contributed by atoms with E-state index in [1.807, 2.05) is 30.3 Å². The molecule has 2 aromatic rings. The molecular weight excluding hydrogens is 340 g/mol. The van der Waals surface area contributed by atoms with Gasteiger partial charge in [-0.1, -0.05) is 30.3 Å². The number of nitrogens with one attached hydrogen (secondary N) is 1. The van der Waals surface area contributed by atoms with Gasteiger partial charge in [0.05, 0.1) is 6.54 Å². The minimum atomic E-state index is -1.26. The number of amides is 1. The average Bonchev–Trinajstić information content (AvgIpc) is 2.69. The van der Waals surface area contributed by atoms with Crippen LogP contribution in [0.5, 0.6) is 0 Å². The minimum Gasteiger partial charge on any atom is -0.383 e. The van der Waals surface area contributed by atoms with Crippen LogP contribution < -0.4 is 5.32 Å². The molecule has 3 rings (SSSR count). The molecule has 0 radical (unpaired) electrons. The quantitative estimate of drug-likeness (QED) is 0.861. The van der Waals surface area contributed by atoms with E-state index in [0.29, 0.717) is 31.6 Å². The number of ether oxygens (including phenoxy) is 1. The van der Waals surface area contributed by atoms with E-state index in [1.54, 1.807) is 0 Å². The summed E-state index contributed by atoms with van der Waals surface area (Å²) in [7, 11) is 0. The summed E-state index contributed by atoms with van der Waals surface area (Å²) < 4.78 is 31.8. The van der Waals surface area contributed by atoms with Crippen molar-refractivity contribution in [1.82, 2.24) is 5.32 Å². The fourth-order valence-corrected chi connectivity index (χ4v) is 3.34. The predicted octanol–water partition coefficient (Wildman–Crippen LogP) is 3.01. The van der Waals surface area contributed by atoms with Crippen LogP contribution in [0, 0.1) is 17.6 Å². The second-order valence-corrected chi connectivity index (χ2v) is 6.49. The lowest BCUT2D eigenvalue weighted by Crippen LogP contribution is -2.47. The van der Waals surface area contributed by atoms with Gasteiger partial charge in [-0.3, -0.25) is 4.79 Å². The van der Waals surface area contributed by atoms with Crippen molar-refractivity contribution in [3.05, 3.63) is 71.3 Å². The van der Waals surface area contributed by atoms with Crippen molar-refractivity contribution in [2.45, 2.75) is 18.4 Å². The Morgan fingerprint density at radius 1 is 1.12 bits per heavy atom. The average molecular weight is 361 g/mol. The Morgan fingerprint density at radius 2 is 1.81 bits per heavy atom. The van der Waals surface area contributed by atoms with Crippen molar-refractivity contribution in [1.29, 1.82) is 0 Å². The van der Waals surface area contributed by atoms with Gasteiger partial charge in [-0.2, -0.15) is 0 Å². The molecule has 1 saturated heterocycles. The number of carbonyl (C=O) groups excluding carboxylic acids is 1. The van der Waals surface area contributed by atoms with E-state index in [0.717, 1.165) is 12.1 Å². The molecule has 6 heteroatoms. The topological polar surface area (TPSA) is 58.6 Å². The SMILES string of the molecule is O=C(NCC(O)(c1ccccc1)C1CCOCC1)c1ccc(F)c(F)c1. The first-order valence-electron chi connectivity index (χ1n) is 8.59. The lowest BCUT2D eigenvalue weighted by molar-refractivity contribution is -0.0680. The van der Waals surface area contributed by atoms with Gasteiger partial charge < -0.3 is 15.2 Å². The van der Waals surface area contributed by atoms with Crippen LogP contribution in [0.25, 0.3) is 0 Å². The maximum Gasteiger partial charge on any atom is 0.251 e. The highest BCUT2D eigenvalue weighted by atomic mass is 19.2. The summed E-state index contributed by atoms with van der Waals surface area (Å²) in [6.45, 7) is 1.08. The largest absolute Gasteiger partial charge is 0.383 e. The van der Waals surface area contributed by atoms with E-state index < -0.39 is 23.1 Å². The van der Waals surface area contributed by atoms with Crippen molar-refractivity contribution in [2.24, 2.45) is 5.92 Å². The Labute approximate surface area is 150 Å². The number of hydrogen-bond acceptors (Lipinski definition) is 3. The van der Waals surface area contributed by atoms with Crippen molar-refractivity contribution in [3.8, 4) is 0 Å². The Balaban J connectivity index is 1.79. The third-order valence-electron chi connectivity index (χ3n) is 4.87. The smallest absolute Gasteiger partial charge is 0.251 e. The van der Waals surface area contributed by atoms with Gasteiger partial charge in [0.1, 0.15) is 5.60 Å². The standard InChI is InChI=1S/C20H21F2NO3/c21-17-7-6-14(12-18(17)22)19(24)23-13-20(25,15-4-2-1-3-5-15)16-8-10-26-11-9-16/h1-7,12,16,25H,8-11,13H2,(H,23,24). The maximum absolute atomic E-state index is 13.4. The first-order chi connectivity index (χ1) is 12.5. The molecule has 1 unspecified atom stereocenters. The second kappa shape index (κ2) is 7.93. The molecule has 2 N–H and O–H groups in total. The summed E-state index contributed by atoms with van der Waals surface area (Å²) >= 11 is 0. The zero-order valence-electron chi connectivity index (χ0n) is 14.3. The number of rotatable bonds is 5. The van der Waals surface area contributed by atoms with Crippen LogP contribution in [0.4, 0.5) is 8.78 Å². The molecule has 1 atom stereocenters. The van der Waals surface area contributed by atoms with E-state index >= 15 is 0 Å². The van der Waals surface area contributed by atoms with Crippen molar-refractivity contribution in [2.75, 3.05) is 19.8 Å². The maximum atomic E-state index is 13.4. The van der Waals surface area contributed by atoms with Gasteiger partial charge in [-0.15, -0.1) is 0 Å². The highest BCUT2D eigenvalue weighted by Crippen LogP contribution is 2.35. The Hall–Kier alpha value is -2.31. The third-order valence-corrected chi connectivity index (χ3v) is 4.87. The Kier molecular flexibility index (Phi) is 5.64.